The normalized spacial score (nSPS) is 15.2. The average Bonchev–Trinajstić information content (AvgIpc) is 2.36. The topological polar surface area (TPSA) is 84.9 Å². The van der Waals surface area contributed by atoms with Crippen LogP contribution in [-0.2, 0) is 11.3 Å². The third-order valence-corrected chi connectivity index (χ3v) is 2.64. The highest BCUT2D eigenvalue weighted by Crippen LogP contribution is 2.25. The van der Waals surface area contributed by atoms with Crippen LogP contribution in [0.5, 0.6) is 5.75 Å². The van der Waals surface area contributed by atoms with Gasteiger partial charge in [0.15, 0.2) is 12.6 Å². The Balaban J connectivity index is 2.18. The number of carboxylic acid groups (broad SMARTS) is 1. The van der Waals surface area contributed by atoms with Crippen molar-refractivity contribution in [1.82, 2.24) is 5.32 Å². The third-order valence-electron chi connectivity index (χ3n) is 2.64. The van der Waals surface area contributed by atoms with Crippen LogP contribution in [-0.4, -0.2) is 29.8 Å². The summed E-state index contributed by atoms with van der Waals surface area (Å²) < 4.78 is 10.4. The zero-order valence-corrected chi connectivity index (χ0v) is 9.80. The number of ketones is 1. The van der Waals surface area contributed by atoms with Crippen molar-refractivity contribution in [3.8, 4) is 5.75 Å². The minimum Gasteiger partial charge on any atom is -0.467 e. The van der Waals surface area contributed by atoms with Gasteiger partial charge in [0.05, 0.1) is 12.6 Å². The summed E-state index contributed by atoms with van der Waals surface area (Å²) in [5.74, 6) is 0.310. The highest BCUT2D eigenvalue weighted by molar-refractivity contribution is 6.01. The summed E-state index contributed by atoms with van der Waals surface area (Å²) in [6.07, 6.45) is -1.22. The SMILES string of the molecule is C[C@H](NC(=O)O)C(=O)c1ccc2c(c1)OCOC2. The van der Waals surface area contributed by atoms with E-state index in [1.54, 1.807) is 18.2 Å². The van der Waals surface area contributed by atoms with Gasteiger partial charge in [0.25, 0.3) is 0 Å². The van der Waals surface area contributed by atoms with Crippen molar-refractivity contribution >= 4 is 11.9 Å². The van der Waals surface area contributed by atoms with Gasteiger partial charge >= 0.3 is 6.09 Å². The summed E-state index contributed by atoms with van der Waals surface area (Å²) in [5.41, 5.74) is 1.29. The predicted octanol–water partition coefficient (Wildman–Crippen LogP) is 1.39. The molecule has 6 nitrogen and oxygen atoms in total. The first-order valence-corrected chi connectivity index (χ1v) is 5.45. The van der Waals surface area contributed by atoms with Crippen molar-refractivity contribution in [3.05, 3.63) is 29.3 Å². The Kier molecular flexibility index (Phi) is 3.47. The van der Waals surface area contributed by atoms with Gasteiger partial charge in [-0.2, -0.15) is 0 Å². The number of fused-ring (bicyclic) bond motifs is 1. The van der Waals surface area contributed by atoms with Crippen molar-refractivity contribution in [1.29, 1.82) is 0 Å². The second-order valence-corrected chi connectivity index (χ2v) is 3.97. The Labute approximate surface area is 104 Å². The van der Waals surface area contributed by atoms with Crippen molar-refractivity contribution in [2.75, 3.05) is 6.79 Å². The lowest BCUT2D eigenvalue weighted by atomic mass is 10.0. The summed E-state index contributed by atoms with van der Waals surface area (Å²) in [6.45, 7) is 2.11. The molecule has 1 atom stereocenters. The maximum atomic E-state index is 12.0. The van der Waals surface area contributed by atoms with E-state index < -0.39 is 12.1 Å². The molecule has 2 N–H and O–H groups in total. The molecule has 0 saturated heterocycles. The number of nitrogens with one attached hydrogen (secondary N) is 1. The van der Waals surface area contributed by atoms with Crippen molar-refractivity contribution in [2.24, 2.45) is 0 Å². The fourth-order valence-electron chi connectivity index (χ4n) is 1.72. The molecule has 2 rings (SSSR count). The van der Waals surface area contributed by atoms with Crippen molar-refractivity contribution in [3.63, 3.8) is 0 Å². The molecule has 6 heteroatoms. The molecule has 18 heavy (non-hydrogen) atoms. The number of Topliss-reactive ketones (excluding diaryl/α,β-unsaturated/α-hetero) is 1. The van der Waals surface area contributed by atoms with Crippen LogP contribution in [0.4, 0.5) is 4.79 Å². The summed E-state index contributed by atoms with van der Waals surface area (Å²) in [5, 5.41) is 10.7. The van der Waals surface area contributed by atoms with Gasteiger partial charge in [0.2, 0.25) is 0 Å². The third kappa shape index (κ3) is 2.60. The van der Waals surface area contributed by atoms with Crippen LogP contribution in [0.1, 0.15) is 22.8 Å². The zero-order valence-electron chi connectivity index (χ0n) is 9.80. The smallest absolute Gasteiger partial charge is 0.405 e. The largest absolute Gasteiger partial charge is 0.467 e. The Morgan fingerprint density at radius 3 is 2.94 bits per heavy atom. The predicted molar refractivity (Wildman–Crippen MR) is 61.7 cm³/mol. The first kappa shape index (κ1) is 12.4. The van der Waals surface area contributed by atoms with E-state index in [2.05, 4.69) is 5.32 Å². The fraction of sp³-hybridized carbons (Fsp3) is 0.333. The van der Waals surface area contributed by atoms with E-state index in [-0.39, 0.29) is 12.6 Å². The highest BCUT2D eigenvalue weighted by Gasteiger charge is 2.19. The van der Waals surface area contributed by atoms with Crippen LogP contribution in [0, 0.1) is 0 Å². The summed E-state index contributed by atoms with van der Waals surface area (Å²) >= 11 is 0. The first-order valence-electron chi connectivity index (χ1n) is 5.45. The number of ether oxygens (including phenoxy) is 2. The Morgan fingerprint density at radius 1 is 1.44 bits per heavy atom. The zero-order chi connectivity index (χ0) is 13.1. The molecular weight excluding hydrogens is 238 g/mol. The van der Waals surface area contributed by atoms with E-state index in [1.165, 1.54) is 6.92 Å². The minimum atomic E-state index is -1.22. The van der Waals surface area contributed by atoms with Gasteiger partial charge in [-0.3, -0.25) is 4.79 Å². The number of benzene rings is 1. The molecule has 0 bridgehead atoms. The van der Waals surface area contributed by atoms with Crippen LogP contribution in [0.15, 0.2) is 18.2 Å². The van der Waals surface area contributed by atoms with Crippen LogP contribution in [0.2, 0.25) is 0 Å². The highest BCUT2D eigenvalue weighted by atomic mass is 16.7. The maximum absolute atomic E-state index is 12.0. The lowest BCUT2D eigenvalue weighted by Gasteiger charge is -2.18. The molecule has 1 amide bonds. The number of amides is 1. The molecule has 0 saturated carbocycles. The number of carbonyl (C=O) groups excluding carboxylic acids is 1. The molecule has 1 aromatic rings. The molecule has 0 aliphatic carbocycles. The second kappa shape index (κ2) is 5.05. The Hall–Kier alpha value is -2.08. The molecular formula is C12H13NO5. The Morgan fingerprint density at radius 2 is 2.22 bits per heavy atom. The standard InChI is InChI=1S/C12H13NO5/c1-7(13-12(15)16)11(14)8-2-3-9-5-17-6-18-10(9)4-8/h2-4,7,13H,5-6H2,1H3,(H,15,16)/t7-/m0/s1. The minimum absolute atomic E-state index is 0.160. The first-order chi connectivity index (χ1) is 8.58. The van der Waals surface area contributed by atoms with Gasteiger partial charge < -0.3 is 19.9 Å². The fourth-order valence-corrected chi connectivity index (χ4v) is 1.72. The van der Waals surface area contributed by atoms with Gasteiger partial charge in [0, 0.05) is 11.1 Å². The van der Waals surface area contributed by atoms with E-state index in [9.17, 15) is 9.59 Å². The average molecular weight is 251 g/mol. The quantitative estimate of drug-likeness (QED) is 0.793. The monoisotopic (exact) mass is 251 g/mol. The number of rotatable bonds is 3. The lowest BCUT2D eigenvalue weighted by molar-refractivity contribution is -0.0164. The maximum Gasteiger partial charge on any atom is 0.405 e. The van der Waals surface area contributed by atoms with Crippen LogP contribution < -0.4 is 10.1 Å². The molecule has 1 heterocycles. The molecule has 0 spiro atoms. The van der Waals surface area contributed by atoms with E-state index in [0.717, 1.165) is 5.56 Å². The van der Waals surface area contributed by atoms with Gasteiger partial charge in [-0.1, -0.05) is 12.1 Å². The van der Waals surface area contributed by atoms with Crippen molar-refractivity contribution in [2.45, 2.75) is 19.6 Å². The van der Waals surface area contributed by atoms with E-state index in [0.29, 0.717) is 17.9 Å². The summed E-state index contributed by atoms with van der Waals surface area (Å²) in [4.78, 5) is 22.4. The number of hydrogen-bond acceptors (Lipinski definition) is 4. The van der Waals surface area contributed by atoms with Gasteiger partial charge in [-0.15, -0.1) is 0 Å². The van der Waals surface area contributed by atoms with E-state index in [4.69, 9.17) is 14.6 Å². The van der Waals surface area contributed by atoms with E-state index >= 15 is 0 Å². The van der Waals surface area contributed by atoms with Gasteiger partial charge in [-0.05, 0) is 13.0 Å². The van der Waals surface area contributed by atoms with Crippen molar-refractivity contribution < 1.29 is 24.2 Å². The molecule has 1 aliphatic rings. The number of carbonyl (C=O) groups is 2. The molecule has 0 aromatic heterocycles. The second-order valence-electron chi connectivity index (χ2n) is 3.97. The van der Waals surface area contributed by atoms with Gasteiger partial charge in [-0.25, -0.2) is 4.79 Å². The molecule has 96 valence electrons. The molecule has 0 unspecified atom stereocenters. The van der Waals surface area contributed by atoms with Gasteiger partial charge in [0.1, 0.15) is 5.75 Å². The number of hydrogen-bond donors (Lipinski definition) is 2. The molecule has 1 aliphatic heterocycles. The van der Waals surface area contributed by atoms with Crippen LogP contribution in [0.25, 0.3) is 0 Å². The summed E-state index contributed by atoms with van der Waals surface area (Å²) in [7, 11) is 0. The lowest BCUT2D eigenvalue weighted by Crippen LogP contribution is -2.37. The Bertz CT molecular complexity index is 485. The molecule has 0 fully saturated rings. The van der Waals surface area contributed by atoms with Crippen LogP contribution >= 0.6 is 0 Å². The molecule has 1 aromatic carbocycles. The molecule has 0 radical (unpaired) electrons. The summed E-state index contributed by atoms with van der Waals surface area (Å²) in [6, 6.07) is 4.20. The van der Waals surface area contributed by atoms with E-state index in [1.807, 2.05) is 0 Å². The van der Waals surface area contributed by atoms with Crippen LogP contribution in [0.3, 0.4) is 0 Å².